The molecule has 0 saturated carbocycles. The molecule has 388 valence electrons. The number of nitrogens with zero attached hydrogens (tertiary/aromatic N) is 6. The topological polar surface area (TPSA) is 90.5 Å². The van der Waals surface area contributed by atoms with Crippen molar-refractivity contribution < 1.29 is 93.6 Å². The van der Waals surface area contributed by atoms with Crippen LogP contribution in [-0.2, 0) is 80.4 Å². The molecule has 0 spiro atoms. The van der Waals surface area contributed by atoms with Crippen molar-refractivity contribution in [3.8, 4) is 56.3 Å². The van der Waals surface area contributed by atoms with Gasteiger partial charge in [-0.1, -0.05) is 114 Å². The van der Waals surface area contributed by atoms with Crippen LogP contribution in [0.25, 0.3) is 78.2 Å². The zero-order valence-electron chi connectivity index (χ0n) is 41.0. The molecule has 13 heteroatoms. The monoisotopic (exact) mass is 1710 g/mol. The number of pyridine rings is 6. The molecule has 7 nitrogen and oxygen atoms in total. The van der Waals surface area contributed by atoms with E-state index in [0.29, 0.717) is 5.69 Å². The number of hydrogen-bond acceptors (Lipinski definition) is 7. The Hall–Kier alpha value is -6.74. The number of furan rings is 1. The fourth-order valence-corrected chi connectivity index (χ4v) is 7.15. The Kier molecular flexibility index (Phi) is 26.0. The van der Waals surface area contributed by atoms with Crippen LogP contribution in [0.4, 0.5) is 8.78 Å². The van der Waals surface area contributed by atoms with Gasteiger partial charge in [0.15, 0.2) is 0 Å². The van der Waals surface area contributed by atoms with Gasteiger partial charge in [-0.05, 0) is 83.9 Å². The minimum absolute atomic E-state index is 0. The van der Waals surface area contributed by atoms with Crippen LogP contribution in [0, 0.1) is 62.7 Å². The molecule has 12 rings (SSSR count). The minimum atomic E-state index is -0.649. The molecule has 76 heavy (non-hydrogen) atoms. The van der Waals surface area contributed by atoms with E-state index in [4.69, 9.17) is 4.42 Å². The van der Waals surface area contributed by atoms with Crippen molar-refractivity contribution in [2.75, 3.05) is 0 Å². The standard InChI is InChI=1S/C17H10NO.C13H13N2.C11H6F2N.2C11H8N.4Ir/c1-2-10-16-12(6-1)13-7-5-8-14(17(13)19-16)15-9-3-4-11-18-15;1-9-7-13(15-8-10(9)2)12-5-4-6-14-11(12)3;12-8-4-5-9(10(13)7-8)11-3-1-2-6-14-11;2*1-2-6-10(7-3-1)11-8-4-5-9-12-11;;;;/h1-7,9-11H;4,6-8H,1-3H3;1-4,6-7H;2*1-6,8-9H;;;;/q5*-1;;;;. The molecule has 7 aromatic heterocycles. The number of benzene rings is 5. The smallest absolute Gasteiger partial charge is 0.120 e. The number of hydrogen-bond donors (Lipinski definition) is 0. The van der Waals surface area contributed by atoms with Crippen molar-refractivity contribution in [3.63, 3.8) is 0 Å². The summed E-state index contributed by atoms with van der Waals surface area (Å²) in [6, 6.07) is 71.3. The molecular formula is C63H45F2Ir4N6O-5. The summed E-state index contributed by atoms with van der Waals surface area (Å²) in [7, 11) is 0. The molecule has 0 aliphatic carbocycles. The van der Waals surface area contributed by atoms with Crippen molar-refractivity contribution in [3.05, 3.63) is 278 Å². The second-order valence-electron chi connectivity index (χ2n) is 15.9. The van der Waals surface area contributed by atoms with Crippen molar-refractivity contribution >= 4 is 21.9 Å². The molecule has 0 aliphatic heterocycles. The zero-order chi connectivity index (χ0) is 49.9. The third kappa shape index (κ3) is 17.1. The molecule has 0 amide bonds. The summed E-state index contributed by atoms with van der Waals surface area (Å²) >= 11 is 0. The van der Waals surface area contributed by atoms with E-state index in [1.165, 1.54) is 11.1 Å². The summed E-state index contributed by atoms with van der Waals surface area (Å²) in [5.74, 6) is -1.29. The molecule has 4 radical (unpaired) electrons. The van der Waals surface area contributed by atoms with Crippen molar-refractivity contribution in [1.29, 1.82) is 0 Å². The molecule has 5 aromatic carbocycles. The second kappa shape index (κ2) is 32.0. The first-order valence-corrected chi connectivity index (χ1v) is 22.9. The number of para-hydroxylation sites is 1. The van der Waals surface area contributed by atoms with Gasteiger partial charge in [0.2, 0.25) is 0 Å². The molecule has 0 atom stereocenters. The fraction of sp³-hybridized carbons (Fsp3) is 0.0476. The third-order valence-electron chi connectivity index (χ3n) is 10.9. The van der Waals surface area contributed by atoms with Gasteiger partial charge in [0, 0.05) is 128 Å². The SMILES string of the molecule is Cc1cnc(-c2[c-]ccnc2C)cc1C.Fc1c[c-]c(-c2ccccn2)c(F)c1.[Ir].[Ir].[Ir].[Ir].[c-]1ccc2c(oc3ccccc32)c1-c1ccccn1.[c-]1ccccc1-c1ccccn1.[c-]1ccccc1-c1ccccn1. The van der Waals surface area contributed by atoms with Crippen LogP contribution in [-0.4, -0.2) is 29.9 Å². The van der Waals surface area contributed by atoms with Gasteiger partial charge < -0.3 is 34.3 Å². The number of rotatable bonds is 5. The van der Waals surface area contributed by atoms with Crippen LogP contribution in [0.15, 0.2) is 224 Å². The Morgan fingerprint density at radius 3 is 1.43 bits per heavy atom. The van der Waals surface area contributed by atoms with E-state index >= 15 is 0 Å². The summed E-state index contributed by atoms with van der Waals surface area (Å²) in [6.45, 7) is 6.13. The summed E-state index contributed by atoms with van der Waals surface area (Å²) in [5, 5.41) is 2.23. The fourth-order valence-electron chi connectivity index (χ4n) is 7.15. The number of aryl methyl sites for hydroxylation is 3. The Bertz CT molecular complexity index is 3440. The van der Waals surface area contributed by atoms with Gasteiger partial charge in [-0.2, -0.15) is 0 Å². The average molecular weight is 1710 g/mol. The number of aromatic nitrogens is 6. The average Bonchev–Trinajstić information content (AvgIpc) is 3.85. The van der Waals surface area contributed by atoms with Crippen LogP contribution in [0.3, 0.4) is 0 Å². The predicted octanol–water partition coefficient (Wildman–Crippen LogP) is 15.2. The molecule has 0 aliphatic rings. The summed E-state index contributed by atoms with van der Waals surface area (Å²) in [4.78, 5) is 25.4. The molecule has 7 heterocycles. The van der Waals surface area contributed by atoms with E-state index in [9.17, 15) is 8.78 Å². The van der Waals surface area contributed by atoms with Gasteiger partial charge in [0.05, 0.1) is 5.58 Å². The molecule has 0 bridgehead atoms. The Morgan fingerprint density at radius 1 is 0.395 bits per heavy atom. The molecule has 0 saturated heterocycles. The van der Waals surface area contributed by atoms with Gasteiger partial charge in [0.1, 0.15) is 5.58 Å². The Balaban J connectivity index is 0.000000205. The van der Waals surface area contributed by atoms with Crippen LogP contribution >= 0.6 is 0 Å². The maximum Gasteiger partial charge on any atom is 0.120 e. The van der Waals surface area contributed by atoms with Gasteiger partial charge >= 0.3 is 0 Å². The normalized spacial score (nSPS) is 9.75. The quantitative estimate of drug-likeness (QED) is 0.159. The third-order valence-corrected chi connectivity index (χ3v) is 10.9. The number of halogens is 2. The summed E-state index contributed by atoms with van der Waals surface area (Å²) in [6.07, 6.45) is 10.5. The van der Waals surface area contributed by atoms with E-state index in [0.717, 1.165) is 84.8 Å². The van der Waals surface area contributed by atoms with Crippen LogP contribution in [0.1, 0.15) is 16.8 Å². The second-order valence-corrected chi connectivity index (χ2v) is 15.9. The van der Waals surface area contributed by atoms with Crippen molar-refractivity contribution in [1.82, 2.24) is 29.9 Å². The van der Waals surface area contributed by atoms with Gasteiger partial charge in [-0.25, -0.2) is 0 Å². The van der Waals surface area contributed by atoms with E-state index in [-0.39, 0.29) is 86.0 Å². The van der Waals surface area contributed by atoms with E-state index in [1.807, 2.05) is 153 Å². The molecule has 0 fully saturated rings. The van der Waals surface area contributed by atoms with Crippen LogP contribution < -0.4 is 0 Å². The van der Waals surface area contributed by atoms with Crippen molar-refractivity contribution in [2.24, 2.45) is 0 Å². The first kappa shape index (κ1) is 61.8. The van der Waals surface area contributed by atoms with E-state index < -0.39 is 11.6 Å². The minimum Gasteiger partial charge on any atom is -0.501 e. The van der Waals surface area contributed by atoms with Gasteiger partial charge in [-0.15, -0.1) is 120 Å². The van der Waals surface area contributed by atoms with Gasteiger partial charge in [-0.3, -0.25) is 8.78 Å². The first-order chi connectivity index (χ1) is 35.3. The van der Waals surface area contributed by atoms with Crippen molar-refractivity contribution in [2.45, 2.75) is 20.8 Å². The molecular weight excluding hydrogens is 1660 g/mol. The largest absolute Gasteiger partial charge is 0.501 e. The van der Waals surface area contributed by atoms with E-state index in [2.05, 4.69) is 86.2 Å². The molecule has 0 N–H and O–H groups in total. The summed E-state index contributed by atoms with van der Waals surface area (Å²) < 4.78 is 31.8. The number of fused-ring (bicyclic) bond motifs is 3. The zero-order valence-corrected chi connectivity index (χ0v) is 50.5. The van der Waals surface area contributed by atoms with Crippen LogP contribution in [0.2, 0.25) is 0 Å². The predicted molar refractivity (Wildman–Crippen MR) is 282 cm³/mol. The Labute approximate surface area is 496 Å². The summed E-state index contributed by atoms with van der Waals surface area (Å²) in [5.41, 5.74) is 13.6. The maximum atomic E-state index is 13.2. The first-order valence-electron chi connectivity index (χ1n) is 22.9. The van der Waals surface area contributed by atoms with Crippen LogP contribution in [0.5, 0.6) is 0 Å². The Morgan fingerprint density at radius 2 is 0.921 bits per heavy atom. The molecule has 12 aromatic rings. The maximum absolute atomic E-state index is 13.2. The molecule has 0 unspecified atom stereocenters. The van der Waals surface area contributed by atoms with Gasteiger partial charge in [0.25, 0.3) is 0 Å². The van der Waals surface area contributed by atoms with E-state index in [1.54, 1.807) is 49.2 Å².